The number of rotatable bonds is 12. The van der Waals surface area contributed by atoms with Crippen LogP contribution in [0, 0.1) is 3.57 Å². The lowest BCUT2D eigenvalue weighted by molar-refractivity contribution is -0.118. The molecule has 0 unspecified atom stereocenters. The number of hydrogen-bond acceptors (Lipinski definition) is 7. The van der Waals surface area contributed by atoms with Crippen LogP contribution < -0.4 is 15.6 Å². The van der Waals surface area contributed by atoms with Gasteiger partial charge in [0.1, 0.15) is 0 Å². The van der Waals surface area contributed by atoms with E-state index in [1.54, 1.807) is 6.21 Å². The Labute approximate surface area is 218 Å². The van der Waals surface area contributed by atoms with Gasteiger partial charge in [-0.1, -0.05) is 23.9 Å². The van der Waals surface area contributed by atoms with Crippen LogP contribution in [0.3, 0.4) is 0 Å². The number of carbonyl (C=O) groups is 1. The minimum atomic E-state index is -0.190. The molecule has 0 aliphatic heterocycles. The molecule has 10 heteroatoms. The van der Waals surface area contributed by atoms with E-state index >= 15 is 0 Å². The number of aromatic nitrogens is 3. The molecule has 180 valence electrons. The van der Waals surface area contributed by atoms with Gasteiger partial charge in [-0.25, -0.2) is 5.43 Å². The lowest BCUT2D eigenvalue weighted by Gasteiger charge is -2.20. The first-order chi connectivity index (χ1) is 16.5. The van der Waals surface area contributed by atoms with Crippen molar-refractivity contribution >= 4 is 57.8 Å². The molecule has 34 heavy (non-hydrogen) atoms. The summed E-state index contributed by atoms with van der Waals surface area (Å²) < 4.78 is 3.20. The average molecular weight is 592 g/mol. The van der Waals surface area contributed by atoms with Gasteiger partial charge in [-0.2, -0.15) is 5.10 Å². The van der Waals surface area contributed by atoms with Crippen LogP contribution in [0.15, 0.2) is 58.8 Å². The molecule has 0 spiro atoms. The van der Waals surface area contributed by atoms with Gasteiger partial charge in [0.2, 0.25) is 0 Å². The van der Waals surface area contributed by atoms with E-state index < -0.39 is 0 Å². The number of amides is 1. The number of carbonyl (C=O) groups excluding carboxylic acids is 1. The summed E-state index contributed by atoms with van der Waals surface area (Å²) in [5.41, 5.74) is 5.72. The maximum atomic E-state index is 12.2. The van der Waals surface area contributed by atoms with Crippen LogP contribution in [0.25, 0.3) is 0 Å². The van der Waals surface area contributed by atoms with Crippen LogP contribution in [0.2, 0.25) is 0 Å². The first-order valence-corrected chi connectivity index (χ1v) is 13.3. The van der Waals surface area contributed by atoms with Gasteiger partial charge in [0.15, 0.2) is 11.0 Å². The number of nitrogens with one attached hydrogen (secondary N) is 2. The fourth-order valence-electron chi connectivity index (χ4n) is 3.32. The van der Waals surface area contributed by atoms with Gasteiger partial charge >= 0.3 is 0 Å². The molecule has 0 radical (unpaired) electrons. The van der Waals surface area contributed by atoms with Crippen molar-refractivity contribution in [2.45, 2.75) is 39.0 Å². The minimum Gasteiger partial charge on any atom is -0.378 e. The summed E-state index contributed by atoms with van der Waals surface area (Å²) in [5.74, 6) is 0.848. The molecular weight excluding hydrogens is 561 g/mol. The minimum absolute atomic E-state index is 0.190. The molecule has 1 aromatic heterocycles. The van der Waals surface area contributed by atoms with Crippen molar-refractivity contribution < 1.29 is 4.79 Å². The van der Waals surface area contributed by atoms with Crippen molar-refractivity contribution in [1.82, 2.24) is 20.2 Å². The normalized spacial score (nSPS) is 11.1. The van der Waals surface area contributed by atoms with Gasteiger partial charge in [-0.3, -0.25) is 4.79 Å². The zero-order valence-corrected chi connectivity index (χ0v) is 22.6. The van der Waals surface area contributed by atoms with Crippen LogP contribution in [-0.4, -0.2) is 45.7 Å². The van der Waals surface area contributed by atoms with E-state index in [0.29, 0.717) is 11.7 Å². The molecule has 0 atom stereocenters. The van der Waals surface area contributed by atoms with Crippen molar-refractivity contribution in [3.05, 3.63) is 63.5 Å². The summed E-state index contributed by atoms with van der Waals surface area (Å²) in [6.45, 7) is 9.53. The molecule has 0 saturated carbocycles. The Balaban J connectivity index is 1.48. The summed E-state index contributed by atoms with van der Waals surface area (Å²) >= 11 is 3.63. The van der Waals surface area contributed by atoms with E-state index in [1.807, 2.05) is 35.8 Å². The van der Waals surface area contributed by atoms with Crippen molar-refractivity contribution in [3.8, 4) is 0 Å². The molecule has 0 fully saturated rings. The van der Waals surface area contributed by atoms with Crippen molar-refractivity contribution in [2.75, 3.05) is 29.1 Å². The molecule has 8 nitrogen and oxygen atoms in total. The van der Waals surface area contributed by atoms with Gasteiger partial charge in [-0.15, -0.1) is 10.2 Å². The van der Waals surface area contributed by atoms with E-state index in [1.165, 1.54) is 21.0 Å². The quantitative estimate of drug-likeness (QED) is 0.139. The smallest absolute Gasteiger partial charge is 0.250 e. The fourth-order valence-corrected chi connectivity index (χ4v) is 4.50. The third-order valence-electron chi connectivity index (χ3n) is 5.16. The van der Waals surface area contributed by atoms with E-state index in [-0.39, 0.29) is 11.7 Å². The Hall–Kier alpha value is -2.60. The van der Waals surface area contributed by atoms with Gasteiger partial charge < -0.3 is 14.8 Å². The molecule has 0 aliphatic rings. The molecule has 1 heterocycles. The summed E-state index contributed by atoms with van der Waals surface area (Å²) in [6.07, 6.45) is 1.65. The maximum absolute atomic E-state index is 12.2. The van der Waals surface area contributed by atoms with Gasteiger partial charge in [0, 0.05) is 34.6 Å². The lowest BCUT2D eigenvalue weighted by atomic mass is 10.2. The summed E-state index contributed by atoms with van der Waals surface area (Å²) in [4.78, 5) is 14.5. The Kier molecular flexibility index (Phi) is 10.2. The van der Waals surface area contributed by atoms with Crippen molar-refractivity contribution in [2.24, 2.45) is 5.10 Å². The predicted molar refractivity (Wildman–Crippen MR) is 149 cm³/mol. The average Bonchev–Trinajstić information content (AvgIpc) is 3.26. The molecule has 0 bridgehead atoms. The number of anilines is 2. The fraction of sp³-hybridized carbons (Fsp3) is 0.333. The third-order valence-corrected chi connectivity index (χ3v) is 6.85. The van der Waals surface area contributed by atoms with Crippen LogP contribution in [0.4, 0.5) is 11.4 Å². The van der Waals surface area contributed by atoms with E-state index in [2.05, 4.69) is 91.6 Å². The van der Waals surface area contributed by atoms with E-state index in [0.717, 1.165) is 36.7 Å². The first-order valence-electron chi connectivity index (χ1n) is 11.2. The number of hydrogen-bond donors (Lipinski definition) is 2. The lowest BCUT2D eigenvalue weighted by Crippen LogP contribution is -2.21. The largest absolute Gasteiger partial charge is 0.378 e. The molecule has 1 amide bonds. The zero-order valence-electron chi connectivity index (χ0n) is 19.7. The van der Waals surface area contributed by atoms with E-state index in [9.17, 15) is 4.79 Å². The first kappa shape index (κ1) is 26.0. The van der Waals surface area contributed by atoms with Gasteiger partial charge in [-0.05, 0) is 85.3 Å². The van der Waals surface area contributed by atoms with Crippen LogP contribution in [0.1, 0.15) is 32.2 Å². The van der Waals surface area contributed by atoms with Crippen LogP contribution >= 0.6 is 34.4 Å². The summed E-state index contributed by atoms with van der Waals surface area (Å²) in [5, 5.41) is 16.7. The standard InChI is InChI=1S/C24H30IN7OS/c1-4-31(5-2)21-13-7-18(8-14-21)15-27-29-23(33)17-34-24-30-28-22(32(24)6-3)16-26-20-11-9-19(25)10-12-20/h7-15,26H,4-6,16-17H2,1-3H3,(H,29,33)/b27-15-. The highest BCUT2D eigenvalue weighted by atomic mass is 127. The topological polar surface area (TPSA) is 87.4 Å². The highest BCUT2D eigenvalue weighted by Gasteiger charge is 2.13. The predicted octanol–water partition coefficient (Wildman–Crippen LogP) is 4.60. The van der Waals surface area contributed by atoms with Gasteiger partial charge in [0.05, 0.1) is 18.5 Å². The highest BCUT2D eigenvalue weighted by Crippen LogP contribution is 2.18. The van der Waals surface area contributed by atoms with Crippen molar-refractivity contribution in [1.29, 1.82) is 0 Å². The van der Waals surface area contributed by atoms with Gasteiger partial charge in [0.25, 0.3) is 5.91 Å². The van der Waals surface area contributed by atoms with E-state index in [4.69, 9.17) is 0 Å². The van der Waals surface area contributed by atoms with Crippen LogP contribution in [-0.2, 0) is 17.9 Å². The third kappa shape index (κ3) is 7.45. The number of benzene rings is 2. The molecule has 0 aliphatic carbocycles. The number of halogens is 1. The Morgan fingerprint density at radius 3 is 2.44 bits per heavy atom. The number of thioether (sulfide) groups is 1. The number of hydrazone groups is 1. The maximum Gasteiger partial charge on any atom is 0.250 e. The van der Waals surface area contributed by atoms with Crippen LogP contribution in [0.5, 0.6) is 0 Å². The highest BCUT2D eigenvalue weighted by molar-refractivity contribution is 14.1. The molecule has 2 N–H and O–H groups in total. The molecule has 3 aromatic rings. The SMILES string of the molecule is CCN(CC)c1ccc(/C=N\NC(=O)CSc2nnc(CNc3ccc(I)cc3)n2CC)cc1. The summed E-state index contributed by atoms with van der Waals surface area (Å²) in [7, 11) is 0. The zero-order chi connectivity index (χ0) is 24.3. The molecule has 2 aromatic carbocycles. The monoisotopic (exact) mass is 591 g/mol. The molecule has 3 rings (SSSR count). The molecule has 0 saturated heterocycles. The second kappa shape index (κ2) is 13.3. The second-order valence-electron chi connectivity index (χ2n) is 7.35. The Morgan fingerprint density at radius 2 is 1.79 bits per heavy atom. The summed E-state index contributed by atoms with van der Waals surface area (Å²) in [6, 6.07) is 16.3. The molecular formula is C24H30IN7OS. The van der Waals surface area contributed by atoms with Crippen molar-refractivity contribution in [3.63, 3.8) is 0 Å². The Morgan fingerprint density at radius 1 is 1.09 bits per heavy atom. The number of nitrogens with zero attached hydrogens (tertiary/aromatic N) is 5. The Bertz CT molecular complexity index is 1080. The second-order valence-corrected chi connectivity index (χ2v) is 9.54.